The van der Waals surface area contributed by atoms with Gasteiger partial charge >= 0.3 is 5.76 Å². The van der Waals surface area contributed by atoms with Gasteiger partial charge in [0, 0.05) is 39.1 Å². The second kappa shape index (κ2) is 7.05. The zero-order chi connectivity index (χ0) is 19.0. The summed E-state index contributed by atoms with van der Waals surface area (Å²) in [5, 5.41) is 6.17. The van der Waals surface area contributed by atoms with Crippen LogP contribution in [0.5, 0.6) is 0 Å². The number of rotatable bonds is 3. The highest BCUT2D eigenvalue weighted by Crippen LogP contribution is 2.33. The molecular weight excluding hydrogens is 353 g/mol. The minimum absolute atomic E-state index is 0.0526. The molecule has 1 fully saturated rings. The maximum Gasteiger partial charge on any atom is 0.434 e. The largest absolute Gasteiger partial charge is 0.434 e. The Kier molecular flexibility index (Phi) is 4.59. The fourth-order valence-corrected chi connectivity index (χ4v) is 3.80. The number of benzene rings is 1. The van der Waals surface area contributed by atoms with E-state index in [1.54, 1.807) is 6.07 Å². The Morgan fingerprint density at radius 2 is 2.04 bits per heavy atom. The van der Waals surface area contributed by atoms with Gasteiger partial charge in [0.2, 0.25) is 11.8 Å². The standard InChI is InChI=1S/C18H22FN5O3/c1-22-8-9-24(14-3-2-13(19)10-15(14)22)11-16(25)23-6-4-12(5-7-23)17-20-21-18(26)27-17/h2-3,10,12H,4-9,11H2,1H3,(H,21,26). The monoisotopic (exact) mass is 375 g/mol. The van der Waals surface area contributed by atoms with Crippen molar-refractivity contribution in [2.24, 2.45) is 0 Å². The average Bonchev–Trinajstić information content (AvgIpc) is 3.10. The predicted molar refractivity (Wildman–Crippen MR) is 97.6 cm³/mol. The number of carbonyl (C=O) groups is 1. The van der Waals surface area contributed by atoms with Gasteiger partial charge in [-0.15, -0.1) is 5.10 Å². The molecule has 0 aliphatic carbocycles. The van der Waals surface area contributed by atoms with Crippen LogP contribution in [-0.2, 0) is 4.79 Å². The molecule has 0 bridgehead atoms. The summed E-state index contributed by atoms with van der Waals surface area (Å²) in [5.41, 5.74) is 1.69. The van der Waals surface area contributed by atoms with E-state index < -0.39 is 5.76 Å². The van der Waals surface area contributed by atoms with Gasteiger partial charge in [-0.1, -0.05) is 0 Å². The van der Waals surface area contributed by atoms with Crippen molar-refractivity contribution in [2.75, 3.05) is 49.6 Å². The third-order valence-electron chi connectivity index (χ3n) is 5.37. The molecule has 8 nitrogen and oxygen atoms in total. The van der Waals surface area contributed by atoms with E-state index in [0.29, 0.717) is 31.8 Å². The third-order valence-corrected chi connectivity index (χ3v) is 5.37. The van der Waals surface area contributed by atoms with Crippen molar-refractivity contribution in [3.05, 3.63) is 40.5 Å². The van der Waals surface area contributed by atoms with E-state index in [9.17, 15) is 14.0 Å². The Morgan fingerprint density at radius 1 is 1.26 bits per heavy atom. The van der Waals surface area contributed by atoms with Gasteiger partial charge in [0.1, 0.15) is 5.82 Å². The molecule has 1 saturated heterocycles. The Balaban J connectivity index is 1.39. The lowest BCUT2D eigenvalue weighted by Crippen LogP contribution is -2.47. The van der Waals surface area contributed by atoms with Crippen LogP contribution >= 0.6 is 0 Å². The molecule has 4 rings (SSSR count). The van der Waals surface area contributed by atoms with E-state index in [2.05, 4.69) is 10.2 Å². The van der Waals surface area contributed by atoms with E-state index in [4.69, 9.17) is 4.42 Å². The van der Waals surface area contributed by atoms with Crippen LogP contribution in [0.25, 0.3) is 0 Å². The van der Waals surface area contributed by atoms with Crippen molar-refractivity contribution in [3.63, 3.8) is 0 Å². The highest BCUT2D eigenvalue weighted by molar-refractivity contribution is 5.84. The molecule has 27 heavy (non-hydrogen) atoms. The van der Waals surface area contributed by atoms with Crippen molar-refractivity contribution in [1.82, 2.24) is 15.1 Å². The number of H-pyrrole nitrogens is 1. The molecule has 0 atom stereocenters. The smallest absolute Gasteiger partial charge is 0.392 e. The summed E-state index contributed by atoms with van der Waals surface area (Å²) in [5.74, 6) is -0.297. The number of aromatic nitrogens is 2. The third kappa shape index (κ3) is 3.54. The molecule has 2 aromatic rings. The predicted octanol–water partition coefficient (Wildman–Crippen LogP) is 1.16. The average molecular weight is 375 g/mol. The minimum atomic E-state index is -0.548. The number of nitrogens with zero attached hydrogens (tertiary/aromatic N) is 4. The summed E-state index contributed by atoms with van der Waals surface area (Å²) >= 11 is 0. The summed E-state index contributed by atoms with van der Waals surface area (Å²) in [4.78, 5) is 29.7. The number of aromatic amines is 1. The summed E-state index contributed by atoms with van der Waals surface area (Å²) in [6.45, 7) is 2.93. The second-order valence-electron chi connectivity index (χ2n) is 7.08. The van der Waals surface area contributed by atoms with Gasteiger partial charge in [-0.05, 0) is 31.0 Å². The quantitative estimate of drug-likeness (QED) is 0.867. The van der Waals surface area contributed by atoms with Gasteiger partial charge in [-0.3, -0.25) is 4.79 Å². The maximum atomic E-state index is 13.6. The molecule has 144 valence electrons. The van der Waals surface area contributed by atoms with Gasteiger partial charge in [0.25, 0.3) is 0 Å². The van der Waals surface area contributed by atoms with Crippen LogP contribution in [0.2, 0.25) is 0 Å². The van der Waals surface area contributed by atoms with Crippen LogP contribution in [0.3, 0.4) is 0 Å². The summed E-state index contributed by atoms with van der Waals surface area (Å²) in [6.07, 6.45) is 1.42. The van der Waals surface area contributed by atoms with Crippen LogP contribution in [0.15, 0.2) is 27.4 Å². The van der Waals surface area contributed by atoms with Crippen LogP contribution in [0, 0.1) is 5.82 Å². The van der Waals surface area contributed by atoms with Crippen LogP contribution in [0.4, 0.5) is 15.8 Å². The molecule has 0 saturated carbocycles. The lowest BCUT2D eigenvalue weighted by atomic mass is 9.97. The number of fused-ring (bicyclic) bond motifs is 1. The maximum absolute atomic E-state index is 13.6. The Labute approximate surface area is 155 Å². The first kappa shape index (κ1) is 17.6. The molecule has 0 unspecified atom stereocenters. The van der Waals surface area contributed by atoms with E-state index in [0.717, 1.165) is 24.5 Å². The number of hydrogen-bond donors (Lipinski definition) is 1. The Bertz CT molecular complexity index is 887. The fraction of sp³-hybridized carbons (Fsp3) is 0.500. The number of hydrogen-bond acceptors (Lipinski definition) is 6. The number of halogens is 1. The van der Waals surface area contributed by atoms with Crippen molar-refractivity contribution in [2.45, 2.75) is 18.8 Å². The van der Waals surface area contributed by atoms with Crippen LogP contribution in [-0.4, -0.2) is 60.8 Å². The van der Waals surface area contributed by atoms with Gasteiger partial charge in [0.15, 0.2) is 0 Å². The molecule has 1 aromatic heterocycles. The van der Waals surface area contributed by atoms with Crippen molar-refractivity contribution in [1.29, 1.82) is 0 Å². The molecule has 2 aliphatic heterocycles. The molecule has 3 heterocycles. The Morgan fingerprint density at radius 3 is 2.74 bits per heavy atom. The van der Waals surface area contributed by atoms with Crippen molar-refractivity contribution in [3.8, 4) is 0 Å². The lowest BCUT2D eigenvalue weighted by Gasteiger charge is -2.38. The first-order chi connectivity index (χ1) is 13.0. The first-order valence-corrected chi connectivity index (χ1v) is 9.10. The summed E-state index contributed by atoms with van der Waals surface area (Å²) in [6, 6.07) is 4.67. The Hall–Kier alpha value is -2.84. The van der Waals surface area contributed by atoms with E-state index in [1.807, 2.05) is 21.7 Å². The number of piperidine rings is 1. The molecule has 9 heteroatoms. The number of anilines is 2. The summed E-state index contributed by atoms with van der Waals surface area (Å²) in [7, 11) is 1.93. The number of amides is 1. The van der Waals surface area contributed by atoms with Crippen LogP contribution in [0.1, 0.15) is 24.7 Å². The van der Waals surface area contributed by atoms with Crippen LogP contribution < -0.4 is 15.6 Å². The summed E-state index contributed by atoms with van der Waals surface area (Å²) < 4.78 is 18.6. The zero-order valence-electron chi connectivity index (χ0n) is 15.2. The second-order valence-corrected chi connectivity index (χ2v) is 7.08. The van der Waals surface area contributed by atoms with Gasteiger partial charge in [-0.2, -0.15) is 0 Å². The number of carbonyl (C=O) groups excluding carboxylic acids is 1. The highest BCUT2D eigenvalue weighted by Gasteiger charge is 2.29. The van der Waals surface area contributed by atoms with Gasteiger partial charge in [0.05, 0.1) is 17.9 Å². The molecule has 1 amide bonds. The highest BCUT2D eigenvalue weighted by atomic mass is 19.1. The lowest BCUT2D eigenvalue weighted by molar-refractivity contribution is -0.130. The number of nitrogens with one attached hydrogen (secondary N) is 1. The molecule has 1 aromatic carbocycles. The van der Waals surface area contributed by atoms with Crippen molar-refractivity contribution >= 4 is 17.3 Å². The SMILES string of the molecule is CN1CCN(CC(=O)N2CCC(c3n[nH]c(=O)o3)CC2)c2ccc(F)cc21. The van der Waals surface area contributed by atoms with E-state index in [1.165, 1.54) is 12.1 Å². The molecule has 2 aliphatic rings. The topological polar surface area (TPSA) is 85.7 Å². The van der Waals surface area contributed by atoms with Gasteiger partial charge in [-0.25, -0.2) is 14.3 Å². The van der Waals surface area contributed by atoms with E-state index >= 15 is 0 Å². The molecule has 0 spiro atoms. The normalized spacial score (nSPS) is 17.9. The van der Waals surface area contributed by atoms with E-state index in [-0.39, 0.29) is 24.2 Å². The number of likely N-dealkylation sites (tertiary alicyclic amines) is 1. The fourth-order valence-electron chi connectivity index (χ4n) is 3.80. The number of likely N-dealkylation sites (N-methyl/N-ethyl adjacent to an activating group) is 1. The van der Waals surface area contributed by atoms with Crippen molar-refractivity contribution < 1.29 is 13.6 Å². The minimum Gasteiger partial charge on any atom is -0.392 e. The molecule has 1 N–H and O–H groups in total. The zero-order valence-corrected chi connectivity index (χ0v) is 15.2. The van der Waals surface area contributed by atoms with Gasteiger partial charge < -0.3 is 19.1 Å². The first-order valence-electron chi connectivity index (χ1n) is 9.10. The molecule has 0 radical (unpaired) electrons. The molecular formula is C18H22FN5O3.